The van der Waals surface area contributed by atoms with Gasteiger partial charge in [0.05, 0.1) is 22.8 Å². The van der Waals surface area contributed by atoms with Crippen LogP contribution < -0.4 is 10.1 Å². The highest BCUT2D eigenvalue weighted by atomic mass is 35.5. The van der Waals surface area contributed by atoms with E-state index < -0.39 is 27.5 Å². The van der Waals surface area contributed by atoms with Crippen LogP contribution in [0.2, 0.25) is 5.02 Å². The number of halogens is 4. The quantitative estimate of drug-likeness (QED) is 0.676. The van der Waals surface area contributed by atoms with Crippen molar-refractivity contribution in [1.82, 2.24) is 5.32 Å². The Bertz CT molecular complexity index is 1010. The van der Waals surface area contributed by atoms with Crippen LogP contribution in [0.15, 0.2) is 41.3 Å². The summed E-state index contributed by atoms with van der Waals surface area (Å²) < 4.78 is 68.8. The molecule has 29 heavy (non-hydrogen) atoms. The molecule has 0 bridgehead atoms. The minimum atomic E-state index is -4.66. The average Bonchev–Trinajstić information content (AvgIpc) is 2.65. The number of nitrogens with one attached hydrogen (secondary N) is 1. The Hall–Kier alpha value is -2.26. The van der Waals surface area contributed by atoms with Crippen molar-refractivity contribution in [1.29, 1.82) is 0 Å². The summed E-state index contributed by atoms with van der Waals surface area (Å²) in [5.74, 6) is -0.556. The molecule has 0 saturated carbocycles. The van der Waals surface area contributed by atoms with E-state index in [1.54, 1.807) is 6.92 Å². The summed E-state index contributed by atoms with van der Waals surface area (Å²) >= 11 is 5.70. The van der Waals surface area contributed by atoms with E-state index in [-0.39, 0.29) is 33.3 Å². The zero-order valence-electron chi connectivity index (χ0n) is 15.6. The van der Waals surface area contributed by atoms with Crippen molar-refractivity contribution in [3.05, 3.63) is 58.1 Å². The molecule has 5 nitrogen and oxygen atoms in total. The Balaban J connectivity index is 2.32. The van der Waals surface area contributed by atoms with Crippen LogP contribution in [0.4, 0.5) is 13.2 Å². The number of rotatable bonds is 7. The maximum absolute atomic E-state index is 12.9. The minimum Gasteiger partial charge on any atom is -0.494 e. The molecule has 1 N–H and O–H groups in total. The molecular formula is C19H19ClF3NO4S. The normalized spacial score (nSPS) is 11.9. The lowest BCUT2D eigenvalue weighted by atomic mass is 10.1. The Labute approximate surface area is 171 Å². The molecule has 0 aliphatic rings. The van der Waals surface area contributed by atoms with E-state index in [9.17, 15) is 26.4 Å². The molecule has 158 valence electrons. The number of benzene rings is 2. The summed E-state index contributed by atoms with van der Waals surface area (Å²) in [6, 6.07) is 6.87. The van der Waals surface area contributed by atoms with Crippen molar-refractivity contribution in [2.45, 2.75) is 31.5 Å². The summed E-state index contributed by atoms with van der Waals surface area (Å²) in [5, 5.41) is 2.20. The molecule has 0 spiro atoms. The Morgan fingerprint density at radius 3 is 2.41 bits per heavy atom. The number of sulfone groups is 1. The van der Waals surface area contributed by atoms with Crippen LogP contribution in [-0.4, -0.2) is 26.7 Å². The molecule has 0 aliphatic carbocycles. The molecule has 0 aromatic heterocycles. The topological polar surface area (TPSA) is 72.5 Å². The van der Waals surface area contributed by atoms with Crippen molar-refractivity contribution in [3.63, 3.8) is 0 Å². The third kappa shape index (κ3) is 5.86. The molecule has 10 heteroatoms. The zero-order chi connectivity index (χ0) is 21.8. The van der Waals surface area contributed by atoms with Gasteiger partial charge >= 0.3 is 6.18 Å². The van der Waals surface area contributed by atoms with Gasteiger partial charge in [-0.3, -0.25) is 4.79 Å². The van der Waals surface area contributed by atoms with Crippen molar-refractivity contribution < 1.29 is 31.1 Å². The number of carbonyl (C=O) groups excluding carboxylic acids is 1. The van der Waals surface area contributed by atoms with Crippen molar-refractivity contribution in [2.24, 2.45) is 0 Å². The standard InChI is InChI=1S/C19H19ClF3NO4S/c1-3-28-16-5-6-17(29(26,27)4-2)13(9-16)11-24-18(25)12-7-14(19(21,22)23)10-15(20)8-12/h5-10H,3-4,11H2,1-2H3,(H,24,25). The maximum Gasteiger partial charge on any atom is 0.416 e. The van der Waals surface area contributed by atoms with Crippen LogP contribution in [0.1, 0.15) is 35.3 Å². The van der Waals surface area contributed by atoms with Gasteiger partial charge in [0.25, 0.3) is 5.91 Å². The van der Waals surface area contributed by atoms with Gasteiger partial charge in [0.15, 0.2) is 9.84 Å². The van der Waals surface area contributed by atoms with Crippen molar-refractivity contribution in [2.75, 3.05) is 12.4 Å². The Kier molecular flexibility index (Phi) is 7.18. The second-order valence-corrected chi connectivity index (χ2v) is 8.70. The molecule has 0 aliphatic heterocycles. The summed E-state index contributed by atoms with van der Waals surface area (Å²) in [6.45, 7) is 3.38. The van der Waals surface area contributed by atoms with Gasteiger partial charge in [0.2, 0.25) is 0 Å². The lowest BCUT2D eigenvalue weighted by Gasteiger charge is -2.14. The molecule has 2 rings (SSSR count). The van der Waals surface area contributed by atoms with Crippen LogP contribution in [-0.2, 0) is 22.6 Å². The van der Waals surface area contributed by atoms with E-state index in [1.807, 2.05) is 0 Å². The SMILES string of the molecule is CCOc1ccc(S(=O)(=O)CC)c(CNC(=O)c2cc(Cl)cc(C(F)(F)F)c2)c1. The second kappa shape index (κ2) is 9.04. The molecule has 0 radical (unpaired) electrons. The molecular weight excluding hydrogens is 431 g/mol. The van der Waals surface area contributed by atoms with Gasteiger partial charge in [0, 0.05) is 17.1 Å². The number of hydrogen-bond donors (Lipinski definition) is 1. The van der Waals surface area contributed by atoms with E-state index in [4.69, 9.17) is 16.3 Å². The van der Waals surface area contributed by atoms with Crippen LogP contribution >= 0.6 is 11.6 Å². The van der Waals surface area contributed by atoms with Gasteiger partial charge in [-0.1, -0.05) is 18.5 Å². The highest BCUT2D eigenvalue weighted by Gasteiger charge is 2.31. The first kappa shape index (κ1) is 23.0. The fourth-order valence-corrected chi connectivity index (χ4v) is 3.92. The van der Waals surface area contributed by atoms with Crippen LogP contribution in [0.3, 0.4) is 0 Å². The summed E-state index contributed by atoms with van der Waals surface area (Å²) in [7, 11) is -3.58. The van der Waals surface area contributed by atoms with Gasteiger partial charge in [-0.15, -0.1) is 0 Å². The Morgan fingerprint density at radius 1 is 1.14 bits per heavy atom. The van der Waals surface area contributed by atoms with E-state index >= 15 is 0 Å². The lowest BCUT2D eigenvalue weighted by molar-refractivity contribution is -0.137. The largest absolute Gasteiger partial charge is 0.494 e. The summed E-state index contributed by atoms with van der Waals surface area (Å²) in [5.41, 5.74) is -1.07. The third-order valence-corrected chi connectivity index (χ3v) is 6.03. The van der Waals surface area contributed by atoms with E-state index in [1.165, 1.54) is 25.1 Å². The van der Waals surface area contributed by atoms with Gasteiger partial charge in [0.1, 0.15) is 5.75 Å². The monoisotopic (exact) mass is 449 g/mol. The highest BCUT2D eigenvalue weighted by Crippen LogP contribution is 2.32. The molecule has 2 aromatic carbocycles. The molecule has 2 aromatic rings. The number of amides is 1. The molecule has 0 fully saturated rings. The predicted molar refractivity (Wildman–Crippen MR) is 103 cm³/mol. The Morgan fingerprint density at radius 2 is 1.83 bits per heavy atom. The van der Waals surface area contributed by atoms with Crippen molar-refractivity contribution in [3.8, 4) is 5.75 Å². The van der Waals surface area contributed by atoms with Gasteiger partial charge < -0.3 is 10.1 Å². The molecule has 1 amide bonds. The smallest absolute Gasteiger partial charge is 0.416 e. The minimum absolute atomic E-state index is 0.0193. The predicted octanol–water partition coefficient (Wildman–Crippen LogP) is 4.48. The van der Waals surface area contributed by atoms with Crippen LogP contribution in [0.5, 0.6) is 5.75 Å². The average molecular weight is 450 g/mol. The zero-order valence-corrected chi connectivity index (χ0v) is 17.2. The van der Waals surface area contributed by atoms with Gasteiger partial charge in [-0.2, -0.15) is 13.2 Å². The van der Waals surface area contributed by atoms with Gasteiger partial charge in [-0.25, -0.2) is 8.42 Å². The first-order valence-electron chi connectivity index (χ1n) is 8.62. The first-order valence-corrected chi connectivity index (χ1v) is 10.7. The third-order valence-electron chi connectivity index (χ3n) is 3.98. The highest BCUT2D eigenvalue weighted by molar-refractivity contribution is 7.91. The summed E-state index contributed by atoms with van der Waals surface area (Å²) in [4.78, 5) is 12.4. The van der Waals surface area contributed by atoms with E-state index in [0.717, 1.165) is 12.1 Å². The fourth-order valence-electron chi connectivity index (χ4n) is 2.57. The molecule has 0 saturated heterocycles. The number of ether oxygens (including phenoxy) is 1. The summed E-state index contributed by atoms with van der Waals surface area (Å²) in [6.07, 6.45) is -4.66. The first-order chi connectivity index (χ1) is 13.5. The number of carbonyl (C=O) groups is 1. The molecule has 0 heterocycles. The van der Waals surface area contributed by atoms with E-state index in [0.29, 0.717) is 18.4 Å². The lowest BCUT2D eigenvalue weighted by Crippen LogP contribution is -2.24. The second-order valence-electron chi connectivity index (χ2n) is 6.01. The van der Waals surface area contributed by atoms with E-state index in [2.05, 4.69) is 5.32 Å². The van der Waals surface area contributed by atoms with Crippen molar-refractivity contribution >= 4 is 27.3 Å². The van der Waals surface area contributed by atoms with Crippen LogP contribution in [0.25, 0.3) is 0 Å². The maximum atomic E-state index is 12.9. The fraction of sp³-hybridized carbons (Fsp3) is 0.316. The molecule has 0 unspecified atom stereocenters. The van der Waals surface area contributed by atoms with Crippen LogP contribution in [0, 0.1) is 0 Å². The van der Waals surface area contributed by atoms with Gasteiger partial charge in [-0.05, 0) is 48.9 Å². The number of alkyl halides is 3. The molecule has 0 atom stereocenters. The number of hydrogen-bond acceptors (Lipinski definition) is 4.